The maximum atomic E-state index is 13.4. The predicted molar refractivity (Wildman–Crippen MR) is 150 cm³/mol. The Kier molecular flexibility index (Phi) is 11.6. The van der Waals surface area contributed by atoms with E-state index >= 15 is 0 Å². The Labute approximate surface area is 250 Å². The highest BCUT2D eigenvalue weighted by Gasteiger charge is 2.31. The number of carbonyl (C=O) groups is 4. The molecule has 1 aromatic heterocycles. The third-order valence-electron chi connectivity index (χ3n) is 6.15. The number of carbonyl (C=O) groups excluding carboxylic acids is 4. The number of methoxy groups -OCH3 is 2. The van der Waals surface area contributed by atoms with Gasteiger partial charge >= 0.3 is 18.1 Å². The molecule has 14 heteroatoms. The molecule has 2 amide bonds. The number of nitrogens with zero attached hydrogens (tertiary/aromatic N) is 3. The van der Waals surface area contributed by atoms with E-state index in [2.05, 4.69) is 24.8 Å². The lowest BCUT2D eigenvalue weighted by molar-refractivity contribution is -0.146. The summed E-state index contributed by atoms with van der Waals surface area (Å²) < 4.78 is 48.8. The van der Waals surface area contributed by atoms with E-state index < -0.39 is 41.5 Å². The van der Waals surface area contributed by atoms with Crippen LogP contribution in [0.25, 0.3) is 11.3 Å². The minimum Gasteiger partial charge on any atom is -0.469 e. The smallest absolute Gasteiger partial charge is 0.416 e. The maximum absolute atomic E-state index is 13.4. The number of amides is 2. The Hall–Kier alpha value is -4.52. The van der Waals surface area contributed by atoms with Gasteiger partial charge in [0.05, 0.1) is 31.2 Å². The van der Waals surface area contributed by atoms with Crippen LogP contribution in [0.5, 0.6) is 0 Å². The van der Waals surface area contributed by atoms with Crippen LogP contribution in [0.4, 0.5) is 24.8 Å². The lowest BCUT2D eigenvalue weighted by atomic mass is 10.1. The molecule has 0 aliphatic carbocycles. The number of ether oxygens (including phenoxy) is 2. The van der Waals surface area contributed by atoms with Crippen LogP contribution in [0.3, 0.4) is 0 Å². The lowest BCUT2D eigenvalue weighted by Crippen LogP contribution is -2.41. The first kappa shape index (κ1) is 33.0. The fourth-order valence-electron chi connectivity index (χ4n) is 3.97. The zero-order valence-electron chi connectivity index (χ0n) is 23.2. The molecule has 1 N–H and O–H groups in total. The van der Waals surface area contributed by atoms with Crippen molar-refractivity contribution in [1.29, 1.82) is 0 Å². The Bertz CT molecular complexity index is 1450. The van der Waals surface area contributed by atoms with Gasteiger partial charge in [-0.25, -0.2) is 19.7 Å². The Morgan fingerprint density at radius 2 is 1.70 bits per heavy atom. The van der Waals surface area contributed by atoms with Gasteiger partial charge in [-0.05, 0) is 55.3 Å². The second-order valence-electron chi connectivity index (χ2n) is 9.14. The summed E-state index contributed by atoms with van der Waals surface area (Å²) >= 11 is 6.09. The van der Waals surface area contributed by atoms with Gasteiger partial charge in [-0.1, -0.05) is 23.7 Å². The standard InChI is InChI=1S/C29H28ClF3N4O6/c1-42-26(40)14-13-23(27(41)43-2)35-24(38)7-4-8-25(39)37(21-11-9-19(10-12-21)29(31,32)33)28-34-16-15-22(36-28)18-5-3-6-20(30)17-18/h3,5-6,9-12,15-17,23H,4,7-8,13-14H2,1-2H3,(H,35,38)/t23-/m1/s1. The minimum atomic E-state index is -4.58. The van der Waals surface area contributed by atoms with Crippen LogP contribution in [0.15, 0.2) is 60.8 Å². The molecule has 43 heavy (non-hydrogen) atoms. The lowest BCUT2D eigenvalue weighted by Gasteiger charge is -2.22. The zero-order chi connectivity index (χ0) is 31.6. The van der Waals surface area contributed by atoms with Gasteiger partial charge in [0.25, 0.3) is 0 Å². The van der Waals surface area contributed by atoms with Gasteiger partial charge in [0.1, 0.15) is 6.04 Å². The molecule has 0 bridgehead atoms. The van der Waals surface area contributed by atoms with E-state index in [1.807, 2.05) is 0 Å². The van der Waals surface area contributed by atoms with Crippen molar-refractivity contribution >= 4 is 47.0 Å². The quantitative estimate of drug-likeness (QED) is 0.272. The number of alkyl halides is 3. The van der Waals surface area contributed by atoms with Gasteiger partial charge in [-0.15, -0.1) is 0 Å². The second kappa shape index (κ2) is 15.1. The second-order valence-corrected chi connectivity index (χ2v) is 9.57. The van der Waals surface area contributed by atoms with E-state index in [9.17, 15) is 32.3 Å². The van der Waals surface area contributed by atoms with Crippen LogP contribution < -0.4 is 10.2 Å². The molecule has 3 rings (SSSR count). The summed E-state index contributed by atoms with van der Waals surface area (Å²) in [6, 6.07) is 11.2. The summed E-state index contributed by atoms with van der Waals surface area (Å²) in [5.41, 5.74) is 0.220. The molecular weight excluding hydrogens is 593 g/mol. The van der Waals surface area contributed by atoms with Crippen molar-refractivity contribution in [2.45, 2.75) is 44.3 Å². The van der Waals surface area contributed by atoms with Crippen molar-refractivity contribution in [3.63, 3.8) is 0 Å². The third-order valence-corrected chi connectivity index (χ3v) is 6.38. The number of nitrogens with one attached hydrogen (secondary N) is 1. The van der Waals surface area contributed by atoms with Crippen LogP contribution in [-0.4, -0.2) is 54.0 Å². The molecule has 0 spiro atoms. The molecule has 0 fully saturated rings. The Balaban J connectivity index is 1.79. The molecule has 0 aliphatic heterocycles. The summed E-state index contributed by atoms with van der Waals surface area (Å²) in [6.45, 7) is 0. The van der Waals surface area contributed by atoms with E-state index in [1.54, 1.807) is 30.3 Å². The van der Waals surface area contributed by atoms with E-state index in [4.69, 9.17) is 11.6 Å². The van der Waals surface area contributed by atoms with E-state index in [0.717, 1.165) is 36.3 Å². The van der Waals surface area contributed by atoms with Crippen molar-refractivity contribution < 1.29 is 41.8 Å². The van der Waals surface area contributed by atoms with Crippen LogP contribution in [0.1, 0.15) is 37.7 Å². The van der Waals surface area contributed by atoms with Crippen molar-refractivity contribution in [2.24, 2.45) is 0 Å². The predicted octanol–water partition coefficient (Wildman–Crippen LogP) is 5.26. The molecule has 0 saturated carbocycles. The normalized spacial score (nSPS) is 11.8. The zero-order valence-corrected chi connectivity index (χ0v) is 23.9. The van der Waals surface area contributed by atoms with Gasteiger partial charge in [0, 0.05) is 36.0 Å². The minimum absolute atomic E-state index is 0.0146. The number of rotatable bonds is 12. The summed E-state index contributed by atoms with van der Waals surface area (Å²) in [5.74, 6) is -2.59. The highest BCUT2D eigenvalue weighted by Crippen LogP contribution is 2.32. The van der Waals surface area contributed by atoms with Crippen LogP contribution in [0, 0.1) is 0 Å². The van der Waals surface area contributed by atoms with Gasteiger partial charge in [-0.2, -0.15) is 13.2 Å². The molecule has 1 atom stereocenters. The highest BCUT2D eigenvalue weighted by atomic mass is 35.5. The Morgan fingerprint density at radius 1 is 0.977 bits per heavy atom. The topological polar surface area (TPSA) is 128 Å². The number of esters is 2. The molecule has 3 aromatic rings. The van der Waals surface area contributed by atoms with Gasteiger partial charge in [0.15, 0.2) is 0 Å². The number of hydrogen-bond donors (Lipinski definition) is 1. The molecule has 0 radical (unpaired) electrons. The van der Waals surface area contributed by atoms with Crippen molar-refractivity contribution in [2.75, 3.05) is 19.1 Å². The monoisotopic (exact) mass is 620 g/mol. The molecule has 0 unspecified atom stereocenters. The molecule has 2 aromatic carbocycles. The molecule has 0 aliphatic rings. The summed E-state index contributed by atoms with van der Waals surface area (Å²) in [5, 5.41) is 2.93. The summed E-state index contributed by atoms with van der Waals surface area (Å²) in [4.78, 5) is 59.1. The van der Waals surface area contributed by atoms with Crippen LogP contribution in [-0.2, 0) is 34.8 Å². The van der Waals surface area contributed by atoms with Gasteiger partial charge in [-0.3, -0.25) is 14.4 Å². The summed E-state index contributed by atoms with van der Waals surface area (Å²) in [7, 11) is 2.33. The summed E-state index contributed by atoms with van der Waals surface area (Å²) in [6.07, 6.45) is -3.75. The van der Waals surface area contributed by atoms with Gasteiger partial charge < -0.3 is 14.8 Å². The maximum Gasteiger partial charge on any atom is 0.416 e. The van der Waals surface area contributed by atoms with Crippen molar-refractivity contribution in [1.82, 2.24) is 15.3 Å². The fourth-order valence-corrected chi connectivity index (χ4v) is 4.16. The number of benzene rings is 2. The largest absolute Gasteiger partial charge is 0.469 e. The first-order valence-corrected chi connectivity index (χ1v) is 13.3. The third kappa shape index (κ3) is 9.50. The van der Waals surface area contributed by atoms with E-state index in [-0.39, 0.29) is 43.7 Å². The number of halogens is 4. The van der Waals surface area contributed by atoms with E-state index in [1.165, 1.54) is 13.3 Å². The molecule has 10 nitrogen and oxygen atoms in total. The van der Waals surface area contributed by atoms with E-state index in [0.29, 0.717) is 16.3 Å². The highest BCUT2D eigenvalue weighted by molar-refractivity contribution is 6.30. The van der Waals surface area contributed by atoms with Crippen molar-refractivity contribution in [3.8, 4) is 11.3 Å². The molecule has 1 heterocycles. The van der Waals surface area contributed by atoms with Crippen LogP contribution in [0.2, 0.25) is 5.02 Å². The van der Waals surface area contributed by atoms with Crippen molar-refractivity contribution in [3.05, 3.63) is 71.4 Å². The molecule has 0 saturated heterocycles. The SMILES string of the molecule is COC(=O)CC[C@@H](NC(=O)CCCC(=O)N(c1ccc(C(F)(F)F)cc1)c1nccc(-c2cccc(Cl)c2)n1)C(=O)OC. The number of hydrogen-bond acceptors (Lipinski definition) is 8. The first-order chi connectivity index (χ1) is 20.4. The molecular formula is C29H28ClF3N4O6. The number of anilines is 2. The first-order valence-electron chi connectivity index (χ1n) is 13.0. The Morgan fingerprint density at radius 3 is 2.33 bits per heavy atom. The average molecular weight is 621 g/mol. The number of aromatic nitrogens is 2. The van der Waals surface area contributed by atoms with Gasteiger partial charge in [0.2, 0.25) is 17.8 Å². The molecule has 228 valence electrons. The average Bonchev–Trinajstić information content (AvgIpc) is 2.98. The van der Waals surface area contributed by atoms with Crippen LogP contribution >= 0.6 is 11.6 Å². The fraction of sp³-hybridized carbons (Fsp3) is 0.310.